The lowest BCUT2D eigenvalue weighted by atomic mass is 9.92. The largest absolute Gasteiger partial charge is 0.317 e. The van der Waals surface area contributed by atoms with E-state index in [9.17, 15) is 0 Å². The molecule has 1 aliphatic heterocycles. The van der Waals surface area contributed by atoms with Gasteiger partial charge in [-0.3, -0.25) is 0 Å². The minimum absolute atomic E-state index is 0.797. The highest BCUT2D eigenvalue weighted by Crippen LogP contribution is 2.17. The molecule has 0 spiro atoms. The summed E-state index contributed by atoms with van der Waals surface area (Å²) in [6.45, 7) is 2.30. The molecule has 0 saturated carbocycles. The molecule has 3 rings (SSSR count). The predicted molar refractivity (Wildman–Crippen MR) is 68.5 cm³/mol. The first kappa shape index (κ1) is 11.3. The summed E-state index contributed by atoms with van der Waals surface area (Å²) >= 11 is 0. The summed E-state index contributed by atoms with van der Waals surface area (Å²) in [6.07, 6.45) is 8.81. The molecular weight excluding hydrogens is 226 g/mol. The van der Waals surface area contributed by atoms with Crippen LogP contribution in [0, 0.1) is 5.92 Å². The first-order valence-electron chi connectivity index (χ1n) is 6.42. The second kappa shape index (κ2) is 5.27. The molecule has 0 atom stereocenters. The first-order valence-corrected chi connectivity index (χ1v) is 6.42. The SMILES string of the molecule is c1ncn(-c2ccc(CC3CCNCC3)cn2)n1. The molecular formula is C13H17N5. The average Bonchev–Trinajstić information content (AvgIpc) is 2.95. The number of hydrogen-bond donors (Lipinski definition) is 1. The molecule has 2 aromatic heterocycles. The van der Waals surface area contributed by atoms with E-state index in [1.165, 1.54) is 24.7 Å². The molecule has 3 heterocycles. The monoisotopic (exact) mass is 243 g/mol. The standard InChI is InChI=1S/C13H17N5/c1-2-13(18-10-15-9-17-18)16-8-12(1)7-11-3-5-14-6-4-11/h1-2,8-11,14H,3-7H2. The summed E-state index contributed by atoms with van der Waals surface area (Å²) in [4.78, 5) is 8.35. The van der Waals surface area contributed by atoms with Crippen molar-refractivity contribution in [3.63, 3.8) is 0 Å². The normalized spacial score (nSPS) is 16.9. The van der Waals surface area contributed by atoms with Gasteiger partial charge in [0.25, 0.3) is 0 Å². The van der Waals surface area contributed by atoms with Gasteiger partial charge in [-0.05, 0) is 49.9 Å². The Bertz CT molecular complexity index is 471. The van der Waals surface area contributed by atoms with Crippen molar-refractivity contribution in [1.82, 2.24) is 25.1 Å². The molecule has 0 unspecified atom stereocenters. The van der Waals surface area contributed by atoms with Crippen molar-refractivity contribution in [3.8, 4) is 5.82 Å². The van der Waals surface area contributed by atoms with Crippen LogP contribution in [0.2, 0.25) is 0 Å². The summed E-state index contributed by atoms with van der Waals surface area (Å²) in [6, 6.07) is 4.15. The molecule has 94 valence electrons. The van der Waals surface area contributed by atoms with Crippen LogP contribution in [0.5, 0.6) is 0 Å². The number of nitrogens with one attached hydrogen (secondary N) is 1. The Kier molecular flexibility index (Phi) is 3.32. The van der Waals surface area contributed by atoms with E-state index in [4.69, 9.17) is 0 Å². The van der Waals surface area contributed by atoms with Crippen LogP contribution in [0.3, 0.4) is 0 Å². The molecule has 0 amide bonds. The minimum atomic E-state index is 0.797. The number of piperidine rings is 1. The average molecular weight is 243 g/mol. The maximum absolute atomic E-state index is 4.43. The predicted octanol–water partition coefficient (Wildman–Crippen LogP) is 1.20. The fourth-order valence-corrected chi connectivity index (χ4v) is 2.42. The van der Waals surface area contributed by atoms with Crippen LogP contribution >= 0.6 is 0 Å². The van der Waals surface area contributed by atoms with Crippen molar-refractivity contribution in [2.24, 2.45) is 5.92 Å². The third kappa shape index (κ3) is 2.56. The third-order valence-electron chi connectivity index (χ3n) is 3.45. The molecule has 0 aliphatic carbocycles. The maximum atomic E-state index is 4.43. The maximum Gasteiger partial charge on any atom is 0.155 e. The molecule has 1 aliphatic rings. The van der Waals surface area contributed by atoms with E-state index < -0.39 is 0 Å². The van der Waals surface area contributed by atoms with Gasteiger partial charge >= 0.3 is 0 Å². The van der Waals surface area contributed by atoms with Crippen molar-refractivity contribution in [2.45, 2.75) is 19.3 Å². The molecule has 2 aromatic rings. The first-order chi connectivity index (χ1) is 8.92. The molecule has 1 fully saturated rings. The smallest absolute Gasteiger partial charge is 0.155 e. The second-order valence-electron chi connectivity index (χ2n) is 4.76. The van der Waals surface area contributed by atoms with Gasteiger partial charge in [-0.15, -0.1) is 0 Å². The highest BCUT2D eigenvalue weighted by molar-refractivity contribution is 5.24. The van der Waals surface area contributed by atoms with E-state index in [-0.39, 0.29) is 0 Å². The number of rotatable bonds is 3. The van der Waals surface area contributed by atoms with Crippen LogP contribution in [0.25, 0.3) is 5.82 Å². The highest BCUT2D eigenvalue weighted by Gasteiger charge is 2.13. The summed E-state index contributed by atoms with van der Waals surface area (Å²) in [7, 11) is 0. The Morgan fingerprint density at radius 3 is 2.83 bits per heavy atom. The molecule has 18 heavy (non-hydrogen) atoms. The Labute approximate surface area is 106 Å². The lowest BCUT2D eigenvalue weighted by Gasteiger charge is -2.22. The lowest BCUT2D eigenvalue weighted by Crippen LogP contribution is -2.28. The molecule has 1 saturated heterocycles. The van der Waals surface area contributed by atoms with Crippen molar-refractivity contribution in [3.05, 3.63) is 36.5 Å². The van der Waals surface area contributed by atoms with Crippen LogP contribution in [0.15, 0.2) is 31.0 Å². The van der Waals surface area contributed by atoms with E-state index >= 15 is 0 Å². The Morgan fingerprint density at radius 1 is 1.28 bits per heavy atom. The van der Waals surface area contributed by atoms with Gasteiger partial charge in [-0.1, -0.05) is 6.07 Å². The Morgan fingerprint density at radius 2 is 2.17 bits per heavy atom. The van der Waals surface area contributed by atoms with Gasteiger partial charge in [-0.2, -0.15) is 5.10 Å². The van der Waals surface area contributed by atoms with Gasteiger partial charge in [0, 0.05) is 6.20 Å². The van der Waals surface area contributed by atoms with Gasteiger partial charge in [0.15, 0.2) is 5.82 Å². The number of pyridine rings is 1. The molecule has 1 N–H and O–H groups in total. The fraction of sp³-hybridized carbons (Fsp3) is 0.462. The van der Waals surface area contributed by atoms with E-state index in [1.54, 1.807) is 11.0 Å². The van der Waals surface area contributed by atoms with Crippen molar-refractivity contribution >= 4 is 0 Å². The van der Waals surface area contributed by atoms with E-state index in [0.717, 1.165) is 31.2 Å². The highest BCUT2D eigenvalue weighted by atomic mass is 15.3. The number of nitrogens with zero attached hydrogens (tertiary/aromatic N) is 4. The van der Waals surface area contributed by atoms with Crippen LogP contribution < -0.4 is 5.32 Å². The summed E-state index contributed by atoms with van der Waals surface area (Å²) in [5.74, 6) is 1.62. The van der Waals surface area contributed by atoms with Gasteiger partial charge in [0.2, 0.25) is 0 Å². The summed E-state index contributed by atoms with van der Waals surface area (Å²) in [5, 5.41) is 7.46. The summed E-state index contributed by atoms with van der Waals surface area (Å²) in [5.41, 5.74) is 1.31. The lowest BCUT2D eigenvalue weighted by molar-refractivity contribution is 0.372. The molecule has 0 radical (unpaired) electrons. The van der Waals surface area contributed by atoms with Crippen LogP contribution in [0.4, 0.5) is 0 Å². The van der Waals surface area contributed by atoms with Gasteiger partial charge < -0.3 is 5.32 Å². The zero-order valence-corrected chi connectivity index (χ0v) is 10.3. The Hall–Kier alpha value is -1.75. The zero-order valence-electron chi connectivity index (χ0n) is 10.3. The fourth-order valence-electron chi connectivity index (χ4n) is 2.42. The topological polar surface area (TPSA) is 55.6 Å². The van der Waals surface area contributed by atoms with Crippen molar-refractivity contribution in [1.29, 1.82) is 0 Å². The number of hydrogen-bond acceptors (Lipinski definition) is 4. The van der Waals surface area contributed by atoms with Crippen molar-refractivity contribution in [2.75, 3.05) is 13.1 Å². The van der Waals surface area contributed by atoms with Gasteiger partial charge in [-0.25, -0.2) is 14.6 Å². The van der Waals surface area contributed by atoms with E-state index in [1.807, 2.05) is 12.3 Å². The van der Waals surface area contributed by atoms with Crippen LogP contribution in [0.1, 0.15) is 18.4 Å². The summed E-state index contributed by atoms with van der Waals surface area (Å²) < 4.78 is 1.67. The van der Waals surface area contributed by atoms with Gasteiger partial charge in [0.1, 0.15) is 12.7 Å². The molecule has 5 heteroatoms. The van der Waals surface area contributed by atoms with Gasteiger partial charge in [0.05, 0.1) is 0 Å². The quantitative estimate of drug-likeness (QED) is 0.880. The second-order valence-corrected chi connectivity index (χ2v) is 4.76. The molecule has 0 bridgehead atoms. The third-order valence-corrected chi connectivity index (χ3v) is 3.45. The minimum Gasteiger partial charge on any atom is -0.317 e. The van der Waals surface area contributed by atoms with Crippen molar-refractivity contribution < 1.29 is 0 Å². The number of aromatic nitrogens is 4. The molecule has 5 nitrogen and oxygen atoms in total. The zero-order chi connectivity index (χ0) is 12.2. The molecule has 0 aromatic carbocycles. The van der Waals surface area contributed by atoms with Crippen LogP contribution in [-0.4, -0.2) is 32.8 Å². The Balaban J connectivity index is 1.67. The van der Waals surface area contributed by atoms with Crippen LogP contribution in [-0.2, 0) is 6.42 Å². The van der Waals surface area contributed by atoms with E-state index in [0.29, 0.717) is 0 Å². The van der Waals surface area contributed by atoms with E-state index in [2.05, 4.69) is 26.4 Å².